The topological polar surface area (TPSA) is 20.7 Å². The van der Waals surface area contributed by atoms with Crippen LogP contribution in [0.2, 0.25) is 0 Å². The molecule has 1 N–H and O–H groups in total. The smallest absolute Gasteiger partial charge is 0.177 e. The molecule has 1 aromatic heterocycles. The van der Waals surface area contributed by atoms with E-state index in [1.165, 1.54) is 18.5 Å². The van der Waals surface area contributed by atoms with Gasteiger partial charge in [0.25, 0.3) is 0 Å². The van der Waals surface area contributed by atoms with Crippen molar-refractivity contribution in [1.29, 1.82) is 0 Å². The molecule has 2 rings (SSSR count). The molecule has 1 aliphatic rings. The van der Waals surface area contributed by atoms with Crippen LogP contribution in [0.5, 0.6) is 0 Å². The van der Waals surface area contributed by atoms with Gasteiger partial charge in [0.15, 0.2) is 4.77 Å². The van der Waals surface area contributed by atoms with E-state index in [0.29, 0.717) is 5.54 Å². The van der Waals surface area contributed by atoms with Gasteiger partial charge in [0.05, 0.1) is 0 Å². The highest BCUT2D eigenvalue weighted by Gasteiger charge is 2.40. The van der Waals surface area contributed by atoms with E-state index >= 15 is 0 Å². The lowest BCUT2D eigenvalue weighted by atomic mass is 10.3. The number of H-pyrrole nitrogens is 1. The molecule has 0 unspecified atom stereocenters. The first kappa shape index (κ1) is 7.10. The molecular formula is C8H12N2S. The summed E-state index contributed by atoms with van der Waals surface area (Å²) < 4.78 is 3.09. The van der Waals surface area contributed by atoms with Crippen LogP contribution in [-0.4, -0.2) is 9.55 Å². The fourth-order valence-corrected chi connectivity index (χ4v) is 1.95. The van der Waals surface area contributed by atoms with Crippen LogP contribution in [0.4, 0.5) is 0 Å². The van der Waals surface area contributed by atoms with E-state index in [1.807, 2.05) is 6.20 Å². The summed E-state index contributed by atoms with van der Waals surface area (Å²) in [5.74, 6) is 0. The number of nitrogens with one attached hydrogen (secondary N) is 1. The van der Waals surface area contributed by atoms with E-state index in [4.69, 9.17) is 12.2 Å². The normalized spacial score (nSPS) is 20.2. The number of hydrogen-bond donors (Lipinski definition) is 1. The van der Waals surface area contributed by atoms with Crippen LogP contribution in [0.15, 0.2) is 6.20 Å². The van der Waals surface area contributed by atoms with Crippen molar-refractivity contribution in [3.8, 4) is 0 Å². The molecule has 3 heteroatoms. The summed E-state index contributed by atoms with van der Waals surface area (Å²) in [7, 11) is 0. The second-order valence-corrected chi connectivity index (χ2v) is 3.95. The van der Waals surface area contributed by atoms with Gasteiger partial charge in [0, 0.05) is 17.4 Å². The highest BCUT2D eigenvalue weighted by molar-refractivity contribution is 7.71. The monoisotopic (exact) mass is 168 g/mol. The minimum Gasteiger partial charge on any atom is -0.337 e. The second kappa shape index (κ2) is 1.97. The Morgan fingerprint density at radius 1 is 1.64 bits per heavy atom. The molecule has 0 spiro atoms. The molecular weight excluding hydrogens is 156 g/mol. The molecule has 11 heavy (non-hydrogen) atoms. The van der Waals surface area contributed by atoms with Gasteiger partial charge >= 0.3 is 0 Å². The summed E-state index contributed by atoms with van der Waals surface area (Å²) in [6.45, 7) is 4.35. The molecule has 1 saturated carbocycles. The second-order valence-electron chi connectivity index (χ2n) is 3.57. The van der Waals surface area contributed by atoms with Gasteiger partial charge in [-0.15, -0.1) is 0 Å². The largest absolute Gasteiger partial charge is 0.337 e. The van der Waals surface area contributed by atoms with E-state index < -0.39 is 0 Å². The first-order chi connectivity index (χ1) is 5.13. The van der Waals surface area contributed by atoms with Crippen molar-refractivity contribution < 1.29 is 0 Å². The maximum absolute atomic E-state index is 5.17. The predicted molar refractivity (Wildman–Crippen MR) is 47.2 cm³/mol. The summed E-state index contributed by atoms with van der Waals surface area (Å²) in [5.41, 5.74) is 1.58. The summed E-state index contributed by atoms with van der Waals surface area (Å²) in [5, 5.41) is 0. The Kier molecular flexibility index (Phi) is 1.27. The van der Waals surface area contributed by atoms with Crippen molar-refractivity contribution in [2.24, 2.45) is 0 Å². The third-order valence-corrected chi connectivity index (χ3v) is 2.77. The molecule has 0 atom stereocenters. The highest BCUT2D eigenvalue weighted by atomic mass is 32.1. The van der Waals surface area contributed by atoms with E-state index in [2.05, 4.69) is 23.4 Å². The first-order valence-electron chi connectivity index (χ1n) is 3.91. The fraction of sp³-hybridized carbons (Fsp3) is 0.625. The van der Waals surface area contributed by atoms with Crippen LogP contribution < -0.4 is 0 Å². The summed E-state index contributed by atoms with van der Waals surface area (Å²) >= 11 is 5.17. The lowest BCUT2D eigenvalue weighted by Gasteiger charge is -2.12. The van der Waals surface area contributed by atoms with Crippen LogP contribution in [0.3, 0.4) is 0 Å². The quantitative estimate of drug-likeness (QED) is 0.638. The van der Waals surface area contributed by atoms with E-state index in [-0.39, 0.29) is 0 Å². The third kappa shape index (κ3) is 0.948. The molecule has 0 aromatic carbocycles. The van der Waals surface area contributed by atoms with Crippen molar-refractivity contribution in [2.75, 3.05) is 0 Å². The lowest BCUT2D eigenvalue weighted by molar-refractivity contribution is 0.513. The maximum Gasteiger partial charge on any atom is 0.177 e. The number of hydrogen-bond acceptors (Lipinski definition) is 1. The molecule has 1 aliphatic carbocycles. The van der Waals surface area contributed by atoms with Gasteiger partial charge in [-0.3, -0.25) is 0 Å². The molecule has 60 valence electrons. The van der Waals surface area contributed by atoms with Gasteiger partial charge in [-0.1, -0.05) is 0 Å². The zero-order valence-electron chi connectivity index (χ0n) is 6.85. The Labute approximate surface area is 71.2 Å². The number of nitrogens with zero attached hydrogens (tertiary/aromatic N) is 1. The zero-order valence-corrected chi connectivity index (χ0v) is 7.66. The molecule has 0 radical (unpaired) electrons. The van der Waals surface area contributed by atoms with Crippen LogP contribution in [0.1, 0.15) is 25.5 Å². The molecule has 1 fully saturated rings. The zero-order chi connectivity index (χ0) is 8.06. The molecule has 1 aromatic rings. The van der Waals surface area contributed by atoms with Crippen molar-refractivity contribution in [3.63, 3.8) is 0 Å². The Bertz CT molecular complexity index is 330. The lowest BCUT2D eigenvalue weighted by Crippen LogP contribution is -2.13. The van der Waals surface area contributed by atoms with Crippen molar-refractivity contribution in [1.82, 2.24) is 9.55 Å². The molecule has 1 heterocycles. The molecule has 0 aliphatic heterocycles. The maximum atomic E-state index is 5.17. The number of rotatable bonds is 1. The van der Waals surface area contributed by atoms with Crippen molar-refractivity contribution in [3.05, 3.63) is 16.7 Å². The van der Waals surface area contributed by atoms with Crippen molar-refractivity contribution >= 4 is 12.2 Å². The predicted octanol–water partition coefficient (Wildman–Crippen LogP) is 2.36. The van der Waals surface area contributed by atoms with Crippen LogP contribution in [0, 0.1) is 11.7 Å². The average Bonchev–Trinajstić information content (AvgIpc) is 2.56. The Balaban J connectivity index is 2.59. The fourth-order valence-electron chi connectivity index (χ4n) is 1.53. The van der Waals surface area contributed by atoms with Gasteiger partial charge < -0.3 is 9.55 Å². The summed E-state index contributed by atoms with van der Waals surface area (Å²) in [6, 6.07) is 0. The van der Waals surface area contributed by atoms with Gasteiger partial charge in [0.1, 0.15) is 0 Å². The minimum absolute atomic E-state index is 0.334. The molecule has 2 nitrogen and oxygen atoms in total. The Morgan fingerprint density at radius 2 is 2.27 bits per heavy atom. The molecule has 0 amide bonds. The standard InChI is InChI=1S/C8H12N2S/c1-6-5-9-7(11)10(6)8(2)3-4-8/h5H,3-4H2,1-2H3,(H,9,11). The van der Waals surface area contributed by atoms with Gasteiger partial charge in [-0.05, 0) is 38.9 Å². The van der Waals surface area contributed by atoms with E-state index in [1.54, 1.807) is 0 Å². The Morgan fingerprint density at radius 3 is 2.64 bits per heavy atom. The SMILES string of the molecule is Cc1c[nH]c(=S)n1C1(C)CC1. The van der Waals surface area contributed by atoms with Gasteiger partial charge in [0.2, 0.25) is 0 Å². The number of aromatic amines is 1. The van der Waals surface area contributed by atoms with Crippen molar-refractivity contribution in [2.45, 2.75) is 32.2 Å². The third-order valence-electron chi connectivity index (χ3n) is 2.47. The van der Waals surface area contributed by atoms with E-state index in [9.17, 15) is 0 Å². The number of aromatic nitrogens is 2. The van der Waals surface area contributed by atoms with Crippen LogP contribution in [-0.2, 0) is 5.54 Å². The summed E-state index contributed by atoms with van der Waals surface area (Å²) in [6.07, 6.45) is 4.51. The van der Waals surface area contributed by atoms with Gasteiger partial charge in [-0.2, -0.15) is 0 Å². The minimum atomic E-state index is 0.334. The molecule has 0 bridgehead atoms. The van der Waals surface area contributed by atoms with E-state index in [0.717, 1.165) is 4.77 Å². The van der Waals surface area contributed by atoms with Crippen LogP contribution >= 0.6 is 12.2 Å². The number of aryl methyl sites for hydroxylation is 1. The number of imidazole rings is 1. The average molecular weight is 168 g/mol. The van der Waals surface area contributed by atoms with Gasteiger partial charge in [-0.25, -0.2) is 0 Å². The Hall–Kier alpha value is -0.570. The van der Waals surface area contributed by atoms with Crippen LogP contribution in [0.25, 0.3) is 0 Å². The first-order valence-corrected chi connectivity index (χ1v) is 4.32. The highest BCUT2D eigenvalue weighted by Crippen LogP contribution is 2.43. The summed E-state index contributed by atoms with van der Waals surface area (Å²) in [4.78, 5) is 3.06. The molecule has 0 saturated heterocycles.